The molecule has 0 aromatic heterocycles. The highest BCUT2D eigenvalue weighted by Crippen LogP contribution is 2.35. The Labute approximate surface area is 150 Å². The van der Waals surface area contributed by atoms with Gasteiger partial charge in [0.2, 0.25) is 5.88 Å². The fourth-order valence-corrected chi connectivity index (χ4v) is 3.91. The molecule has 3 rings (SSSR count). The molecule has 26 heavy (non-hydrogen) atoms. The van der Waals surface area contributed by atoms with Crippen LogP contribution < -0.4 is 9.03 Å². The second kappa shape index (κ2) is 6.75. The fraction of sp³-hybridized carbons (Fsp3) is 0.235. The van der Waals surface area contributed by atoms with E-state index in [0.717, 1.165) is 33.3 Å². The lowest BCUT2D eigenvalue weighted by atomic mass is 10.0. The van der Waals surface area contributed by atoms with Crippen molar-refractivity contribution in [1.82, 2.24) is 4.72 Å². The lowest BCUT2D eigenvalue weighted by molar-refractivity contribution is -0.137. The van der Waals surface area contributed by atoms with Gasteiger partial charge >= 0.3 is 16.2 Å². The summed E-state index contributed by atoms with van der Waals surface area (Å²) in [6.07, 6.45) is 3.11. The zero-order chi connectivity index (χ0) is 18.9. The van der Waals surface area contributed by atoms with Crippen molar-refractivity contribution in [1.29, 1.82) is 0 Å². The first kappa shape index (κ1) is 17.9. The topological polar surface area (TPSA) is 127 Å². The van der Waals surface area contributed by atoms with E-state index in [2.05, 4.69) is 0 Å². The third kappa shape index (κ3) is 3.67. The molecule has 0 aliphatic carbocycles. The SMILES string of the molecule is O=C(O)CCCCc1ccc2cc(O)c(N3C=C(O)NS3(=O)=O)cc2c1. The molecule has 0 amide bonds. The Balaban J connectivity index is 1.89. The van der Waals surface area contributed by atoms with Gasteiger partial charge in [0, 0.05) is 6.42 Å². The zero-order valence-corrected chi connectivity index (χ0v) is 14.5. The van der Waals surface area contributed by atoms with Crippen molar-refractivity contribution in [2.45, 2.75) is 25.7 Å². The van der Waals surface area contributed by atoms with Crippen LogP contribution in [0.3, 0.4) is 0 Å². The summed E-state index contributed by atoms with van der Waals surface area (Å²) in [6, 6.07) is 8.56. The third-order valence-corrected chi connectivity index (χ3v) is 5.36. The Morgan fingerprint density at radius 2 is 1.85 bits per heavy atom. The van der Waals surface area contributed by atoms with E-state index < -0.39 is 22.1 Å². The third-order valence-electron chi connectivity index (χ3n) is 4.07. The van der Waals surface area contributed by atoms with Crippen molar-refractivity contribution in [3.63, 3.8) is 0 Å². The number of anilines is 1. The summed E-state index contributed by atoms with van der Waals surface area (Å²) in [7, 11) is -3.99. The van der Waals surface area contributed by atoms with Crippen LogP contribution in [-0.2, 0) is 21.4 Å². The monoisotopic (exact) mass is 378 g/mol. The molecule has 8 nitrogen and oxygen atoms in total. The molecule has 0 fully saturated rings. The van der Waals surface area contributed by atoms with Gasteiger partial charge in [-0.15, -0.1) is 0 Å². The number of unbranched alkanes of at least 4 members (excludes halogenated alkanes) is 1. The average Bonchev–Trinajstić information content (AvgIpc) is 2.83. The van der Waals surface area contributed by atoms with Crippen LogP contribution in [0.5, 0.6) is 5.75 Å². The number of nitrogens with zero attached hydrogens (tertiary/aromatic N) is 1. The Morgan fingerprint density at radius 1 is 1.08 bits per heavy atom. The number of hydrogen-bond donors (Lipinski definition) is 4. The molecule has 0 unspecified atom stereocenters. The van der Waals surface area contributed by atoms with E-state index in [4.69, 9.17) is 5.11 Å². The van der Waals surface area contributed by atoms with Gasteiger partial charge < -0.3 is 15.3 Å². The summed E-state index contributed by atoms with van der Waals surface area (Å²) in [4.78, 5) is 10.6. The van der Waals surface area contributed by atoms with Crippen molar-refractivity contribution in [3.05, 3.63) is 48.0 Å². The number of hydrogen-bond acceptors (Lipinski definition) is 5. The van der Waals surface area contributed by atoms with Gasteiger partial charge in [-0.3, -0.25) is 4.79 Å². The van der Waals surface area contributed by atoms with Gasteiger partial charge in [0.25, 0.3) is 0 Å². The fourth-order valence-electron chi connectivity index (χ4n) is 2.85. The second-order valence-electron chi connectivity index (χ2n) is 6.04. The number of aliphatic hydroxyl groups is 1. The van der Waals surface area contributed by atoms with E-state index >= 15 is 0 Å². The number of aryl methyl sites for hydroxylation is 1. The van der Waals surface area contributed by atoms with Crippen molar-refractivity contribution in [2.24, 2.45) is 0 Å². The van der Waals surface area contributed by atoms with Crippen molar-refractivity contribution in [3.8, 4) is 5.75 Å². The number of fused-ring (bicyclic) bond motifs is 1. The summed E-state index contributed by atoms with van der Waals surface area (Å²) >= 11 is 0. The molecule has 1 heterocycles. The summed E-state index contributed by atoms with van der Waals surface area (Å²) in [6.45, 7) is 0. The number of phenolic OH excluding ortho intramolecular Hbond substituents is 1. The van der Waals surface area contributed by atoms with Crippen LogP contribution in [0.15, 0.2) is 42.4 Å². The van der Waals surface area contributed by atoms with E-state index in [0.29, 0.717) is 12.8 Å². The molecule has 0 saturated heterocycles. The van der Waals surface area contributed by atoms with Crippen LogP contribution in [0.2, 0.25) is 0 Å². The van der Waals surface area contributed by atoms with Gasteiger partial charge in [0.15, 0.2) is 0 Å². The van der Waals surface area contributed by atoms with Crippen LogP contribution >= 0.6 is 0 Å². The summed E-state index contributed by atoms with van der Waals surface area (Å²) in [5.41, 5.74) is 1.01. The van der Waals surface area contributed by atoms with Crippen LogP contribution in [0.4, 0.5) is 5.69 Å². The highest BCUT2D eigenvalue weighted by Gasteiger charge is 2.30. The van der Waals surface area contributed by atoms with E-state index in [1.165, 1.54) is 12.1 Å². The van der Waals surface area contributed by atoms with Gasteiger partial charge in [-0.1, -0.05) is 18.2 Å². The van der Waals surface area contributed by atoms with Gasteiger partial charge in [0.1, 0.15) is 11.4 Å². The molecule has 0 spiro atoms. The minimum Gasteiger partial charge on any atom is -0.506 e. The van der Waals surface area contributed by atoms with Gasteiger partial charge in [-0.2, -0.15) is 8.42 Å². The van der Waals surface area contributed by atoms with Crippen LogP contribution in [0.1, 0.15) is 24.8 Å². The number of aromatic hydroxyl groups is 1. The summed E-state index contributed by atoms with van der Waals surface area (Å²) < 4.78 is 26.7. The molecular formula is C17H18N2O6S. The maximum atomic E-state index is 12.0. The zero-order valence-electron chi connectivity index (χ0n) is 13.7. The number of aliphatic carboxylic acids is 1. The number of carbonyl (C=O) groups is 1. The molecule has 4 N–H and O–H groups in total. The maximum absolute atomic E-state index is 12.0. The lowest BCUT2D eigenvalue weighted by Gasteiger charge is -2.16. The van der Waals surface area contributed by atoms with Crippen LogP contribution in [-0.4, -0.2) is 29.7 Å². The predicted octanol–water partition coefficient (Wildman–Crippen LogP) is 2.35. The standard InChI is InChI=1S/C17H18N2O6S/c20-15-9-12-6-5-11(3-1-2-4-17(22)23)7-13(12)8-14(15)19-10-16(21)18-26(19,24)25/h5-10,18,20-21H,1-4H2,(H,22,23). The molecular weight excluding hydrogens is 360 g/mol. The maximum Gasteiger partial charge on any atom is 0.330 e. The minimum atomic E-state index is -3.99. The highest BCUT2D eigenvalue weighted by molar-refractivity contribution is 7.91. The number of benzene rings is 2. The largest absolute Gasteiger partial charge is 0.506 e. The minimum absolute atomic E-state index is 0.0251. The van der Waals surface area contributed by atoms with E-state index in [9.17, 15) is 23.4 Å². The normalized spacial score (nSPS) is 15.7. The molecule has 0 atom stereocenters. The van der Waals surface area contributed by atoms with Crippen molar-refractivity contribution in [2.75, 3.05) is 4.31 Å². The number of carboxylic acids is 1. The Morgan fingerprint density at radius 3 is 2.50 bits per heavy atom. The van der Waals surface area contributed by atoms with E-state index in [1.807, 2.05) is 22.9 Å². The van der Waals surface area contributed by atoms with Crippen LogP contribution in [0, 0.1) is 0 Å². The molecule has 2 aromatic carbocycles. The van der Waals surface area contributed by atoms with Gasteiger partial charge in [-0.05, 0) is 47.7 Å². The number of phenols is 1. The van der Waals surface area contributed by atoms with Gasteiger partial charge in [-0.25, -0.2) is 9.03 Å². The molecule has 0 bridgehead atoms. The number of rotatable bonds is 6. The Bertz CT molecular complexity index is 1000. The molecule has 9 heteroatoms. The van der Waals surface area contributed by atoms with Crippen molar-refractivity contribution < 1.29 is 28.5 Å². The first-order valence-corrected chi connectivity index (χ1v) is 9.41. The molecule has 1 aliphatic heterocycles. The Kier molecular flexibility index (Phi) is 4.64. The summed E-state index contributed by atoms with van der Waals surface area (Å²) in [5, 5.41) is 29.7. The van der Waals surface area contributed by atoms with Crippen LogP contribution in [0.25, 0.3) is 10.8 Å². The molecule has 0 saturated carbocycles. The van der Waals surface area contributed by atoms with E-state index in [1.54, 1.807) is 0 Å². The van der Waals surface area contributed by atoms with Gasteiger partial charge in [0.05, 0.1) is 6.20 Å². The first-order chi connectivity index (χ1) is 12.3. The average molecular weight is 378 g/mol. The smallest absolute Gasteiger partial charge is 0.330 e. The molecule has 138 valence electrons. The Hall–Kier alpha value is -2.94. The molecule has 0 radical (unpaired) electrons. The quantitative estimate of drug-likeness (QED) is 0.572. The number of carboxylic acid groups (broad SMARTS) is 1. The molecule has 2 aromatic rings. The predicted molar refractivity (Wildman–Crippen MR) is 96.0 cm³/mol. The van der Waals surface area contributed by atoms with Crippen molar-refractivity contribution >= 4 is 32.6 Å². The highest BCUT2D eigenvalue weighted by atomic mass is 32.2. The summed E-state index contributed by atoms with van der Waals surface area (Å²) in [5.74, 6) is -1.58. The number of nitrogens with one attached hydrogen (secondary N) is 1. The number of aliphatic hydroxyl groups excluding tert-OH is 1. The molecule has 1 aliphatic rings. The second-order valence-corrected chi connectivity index (χ2v) is 7.59. The lowest BCUT2D eigenvalue weighted by Crippen LogP contribution is -2.29. The van der Waals surface area contributed by atoms with E-state index in [-0.39, 0.29) is 17.9 Å². The first-order valence-electron chi connectivity index (χ1n) is 7.97.